The highest BCUT2D eigenvalue weighted by Crippen LogP contribution is 2.41. The van der Waals surface area contributed by atoms with Crippen LogP contribution >= 0.6 is 15.9 Å². The average Bonchev–Trinajstić information content (AvgIpc) is 2.83. The largest absolute Gasteiger partial charge is 0.493 e. The Balaban J connectivity index is 2.30. The minimum atomic E-state index is -2.99. The smallest absolute Gasteiger partial charge is 0.387 e. The van der Waals surface area contributed by atoms with E-state index >= 15 is 0 Å². The maximum atomic E-state index is 13.2. The number of nitrogens with one attached hydrogen (secondary N) is 3. The van der Waals surface area contributed by atoms with Gasteiger partial charge in [-0.25, -0.2) is 5.43 Å². The third-order valence-corrected chi connectivity index (χ3v) is 5.42. The lowest BCUT2D eigenvalue weighted by molar-refractivity contribution is -0.126. The second kappa shape index (κ2) is 8.64. The molecule has 3 N–H and O–H groups in total. The molecule has 2 unspecified atom stereocenters. The van der Waals surface area contributed by atoms with Crippen LogP contribution in [0.3, 0.4) is 0 Å². The van der Waals surface area contributed by atoms with Crippen molar-refractivity contribution in [3.63, 3.8) is 0 Å². The van der Waals surface area contributed by atoms with Crippen LogP contribution in [-0.2, 0) is 16.8 Å². The van der Waals surface area contributed by atoms with Crippen molar-refractivity contribution in [2.75, 3.05) is 14.2 Å². The first-order chi connectivity index (χ1) is 13.8. The molecule has 0 aromatic heterocycles. The number of fused-ring (bicyclic) bond motifs is 1. The van der Waals surface area contributed by atoms with E-state index in [1.165, 1.54) is 13.2 Å². The van der Waals surface area contributed by atoms with Gasteiger partial charge in [-0.1, -0.05) is 28.1 Å². The molecule has 156 valence electrons. The molecule has 0 aliphatic carbocycles. The topological polar surface area (TPSA) is 71.6 Å². The van der Waals surface area contributed by atoms with Gasteiger partial charge in [-0.05, 0) is 54.3 Å². The summed E-state index contributed by atoms with van der Waals surface area (Å²) >= 11 is 3.41. The standard InChI is InChI=1S/C20H22BrF2N3O3/c1-11-8-12-9-17(29-19(22)23)16(28-3)10-15(12)20(26-25-11,18(27)24-2)13-4-6-14(21)7-5-13/h4-7,9-11,19,25-26H,8H2,1-3H3,(H,24,27). The molecule has 0 spiro atoms. The zero-order chi connectivity index (χ0) is 21.2. The van der Waals surface area contributed by atoms with E-state index in [4.69, 9.17) is 4.74 Å². The van der Waals surface area contributed by atoms with Gasteiger partial charge in [-0.2, -0.15) is 8.78 Å². The van der Waals surface area contributed by atoms with Gasteiger partial charge in [0.2, 0.25) is 0 Å². The maximum absolute atomic E-state index is 13.2. The van der Waals surface area contributed by atoms with E-state index in [0.29, 0.717) is 23.1 Å². The molecule has 6 nitrogen and oxygen atoms in total. The number of ether oxygens (including phenoxy) is 2. The Morgan fingerprint density at radius 3 is 2.55 bits per heavy atom. The minimum Gasteiger partial charge on any atom is -0.493 e. The summed E-state index contributed by atoms with van der Waals surface area (Å²) in [5.41, 5.74) is 6.98. The van der Waals surface area contributed by atoms with Crippen molar-refractivity contribution in [3.05, 3.63) is 57.6 Å². The van der Waals surface area contributed by atoms with Crippen molar-refractivity contribution in [1.29, 1.82) is 0 Å². The number of alkyl halides is 2. The Hall–Kier alpha value is -2.23. The SMILES string of the molecule is CNC(=O)C1(c2ccc(Br)cc2)NNC(C)Cc2cc(OC(F)F)c(OC)cc21. The molecular weight excluding hydrogens is 448 g/mol. The van der Waals surface area contributed by atoms with Crippen LogP contribution in [0.15, 0.2) is 40.9 Å². The number of benzene rings is 2. The number of hydrazine groups is 1. The highest BCUT2D eigenvalue weighted by Gasteiger charge is 2.45. The van der Waals surface area contributed by atoms with Crippen LogP contribution in [0.5, 0.6) is 11.5 Å². The molecule has 9 heteroatoms. The van der Waals surface area contributed by atoms with Crippen molar-refractivity contribution in [2.45, 2.75) is 31.5 Å². The van der Waals surface area contributed by atoms with Crippen LogP contribution in [0.4, 0.5) is 8.78 Å². The Morgan fingerprint density at radius 2 is 1.97 bits per heavy atom. The molecular formula is C20H22BrF2N3O3. The molecule has 1 aliphatic heterocycles. The Morgan fingerprint density at radius 1 is 1.28 bits per heavy atom. The lowest BCUT2D eigenvalue weighted by Gasteiger charge is -2.34. The van der Waals surface area contributed by atoms with Gasteiger partial charge in [0.15, 0.2) is 17.0 Å². The van der Waals surface area contributed by atoms with Gasteiger partial charge in [0.05, 0.1) is 7.11 Å². The van der Waals surface area contributed by atoms with E-state index in [-0.39, 0.29) is 23.4 Å². The van der Waals surface area contributed by atoms with Crippen molar-refractivity contribution in [3.8, 4) is 11.5 Å². The molecule has 1 heterocycles. The van der Waals surface area contributed by atoms with Gasteiger partial charge < -0.3 is 14.8 Å². The van der Waals surface area contributed by atoms with Crippen LogP contribution in [0.25, 0.3) is 0 Å². The molecule has 2 atom stereocenters. The van der Waals surface area contributed by atoms with Crippen molar-refractivity contribution in [1.82, 2.24) is 16.2 Å². The first-order valence-electron chi connectivity index (χ1n) is 8.99. The van der Waals surface area contributed by atoms with Crippen LogP contribution in [0, 0.1) is 0 Å². The number of hydrogen-bond donors (Lipinski definition) is 3. The fraction of sp³-hybridized carbons (Fsp3) is 0.350. The van der Waals surface area contributed by atoms with Gasteiger partial charge in [-0.3, -0.25) is 10.2 Å². The molecule has 3 rings (SSSR count). The fourth-order valence-electron chi connectivity index (χ4n) is 3.57. The lowest BCUT2D eigenvalue weighted by atomic mass is 9.79. The number of likely N-dealkylation sites (N-methyl/N-ethyl adjacent to an activating group) is 1. The first-order valence-corrected chi connectivity index (χ1v) is 9.78. The fourth-order valence-corrected chi connectivity index (χ4v) is 3.84. The number of carbonyl (C=O) groups excluding carboxylic acids is 1. The van der Waals surface area contributed by atoms with Crippen LogP contribution in [0.2, 0.25) is 0 Å². The van der Waals surface area contributed by atoms with Gasteiger partial charge in [0, 0.05) is 17.6 Å². The van der Waals surface area contributed by atoms with Gasteiger partial charge in [0.25, 0.3) is 5.91 Å². The quantitative estimate of drug-likeness (QED) is 0.627. The summed E-state index contributed by atoms with van der Waals surface area (Å²) in [4.78, 5) is 13.2. The van der Waals surface area contributed by atoms with Gasteiger partial charge in [0.1, 0.15) is 0 Å². The summed E-state index contributed by atoms with van der Waals surface area (Å²) < 4.78 is 36.6. The number of rotatable bonds is 5. The van der Waals surface area contributed by atoms with Crippen molar-refractivity contribution in [2.24, 2.45) is 0 Å². The van der Waals surface area contributed by atoms with Crippen LogP contribution < -0.4 is 25.6 Å². The van der Waals surface area contributed by atoms with E-state index in [0.717, 1.165) is 4.47 Å². The third kappa shape index (κ3) is 4.08. The highest BCUT2D eigenvalue weighted by atomic mass is 79.9. The Bertz CT molecular complexity index is 895. The van der Waals surface area contributed by atoms with E-state index in [1.54, 1.807) is 13.1 Å². The average molecular weight is 470 g/mol. The van der Waals surface area contributed by atoms with Gasteiger partial charge in [-0.15, -0.1) is 0 Å². The molecule has 1 amide bonds. The molecule has 0 radical (unpaired) electrons. The van der Waals surface area contributed by atoms with Crippen molar-refractivity contribution >= 4 is 21.8 Å². The maximum Gasteiger partial charge on any atom is 0.387 e. The number of halogens is 3. The van der Waals surface area contributed by atoms with Crippen LogP contribution in [-0.4, -0.2) is 32.7 Å². The predicted octanol–water partition coefficient (Wildman–Crippen LogP) is 3.09. The van der Waals surface area contributed by atoms with E-state index in [1.807, 2.05) is 31.2 Å². The lowest BCUT2D eigenvalue weighted by Crippen LogP contribution is -2.59. The van der Waals surface area contributed by atoms with Crippen LogP contribution in [0.1, 0.15) is 23.6 Å². The van der Waals surface area contributed by atoms with Crippen molar-refractivity contribution < 1.29 is 23.0 Å². The molecule has 0 fully saturated rings. The molecule has 1 aliphatic rings. The highest BCUT2D eigenvalue weighted by molar-refractivity contribution is 9.10. The molecule has 0 saturated carbocycles. The number of hydrogen-bond acceptors (Lipinski definition) is 5. The first kappa shape index (κ1) is 21.5. The van der Waals surface area contributed by atoms with E-state index in [2.05, 4.69) is 36.8 Å². The molecule has 29 heavy (non-hydrogen) atoms. The number of carbonyl (C=O) groups is 1. The van der Waals surface area contributed by atoms with E-state index < -0.39 is 12.2 Å². The molecule has 0 bridgehead atoms. The summed E-state index contributed by atoms with van der Waals surface area (Å²) in [5, 5.41) is 2.71. The summed E-state index contributed by atoms with van der Waals surface area (Å²) in [7, 11) is 2.91. The third-order valence-electron chi connectivity index (χ3n) is 4.89. The summed E-state index contributed by atoms with van der Waals surface area (Å²) in [6.07, 6.45) is 0.487. The zero-order valence-corrected chi connectivity index (χ0v) is 17.8. The normalized spacial score (nSPS) is 21.3. The second-order valence-corrected chi connectivity index (χ2v) is 7.66. The number of amides is 1. The predicted molar refractivity (Wildman–Crippen MR) is 108 cm³/mol. The summed E-state index contributed by atoms with van der Waals surface area (Å²) in [6.45, 7) is -1.06. The second-order valence-electron chi connectivity index (χ2n) is 6.75. The Labute approximate surface area is 176 Å². The minimum absolute atomic E-state index is 0.0723. The number of methoxy groups -OCH3 is 1. The monoisotopic (exact) mass is 469 g/mol. The summed E-state index contributed by atoms with van der Waals surface area (Å²) in [5.74, 6) is -0.269. The molecule has 2 aromatic carbocycles. The summed E-state index contributed by atoms with van der Waals surface area (Å²) in [6, 6.07) is 10.3. The zero-order valence-electron chi connectivity index (χ0n) is 16.2. The molecule has 2 aromatic rings. The van der Waals surface area contributed by atoms with Gasteiger partial charge >= 0.3 is 6.61 Å². The Kier molecular flexibility index (Phi) is 6.40. The van der Waals surface area contributed by atoms with E-state index in [9.17, 15) is 13.6 Å². The molecule has 0 saturated heterocycles.